The van der Waals surface area contributed by atoms with E-state index in [2.05, 4.69) is 4.98 Å². The van der Waals surface area contributed by atoms with E-state index in [9.17, 15) is 14.7 Å². The number of ether oxygens (including phenoxy) is 1. The molecule has 0 radical (unpaired) electrons. The lowest BCUT2D eigenvalue weighted by molar-refractivity contribution is -0.173. The van der Waals surface area contributed by atoms with E-state index < -0.39 is 17.4 Å². The first-order chi connectivity index (χ1) is 9.45. The Hall–Kier alpha value is -1.91. The van der Waals surface area contributed by atoms with Gasteiger partial charge in [0, 0.05) is 12.4 Å². The molecule has 0 aliphatic heterocycles. The van der Waals surface area contributed by atoms with Crippen LogP contribution >= 0.6 is 0 Å². The first-order valence-corrected chi connectivity index (χ1v) is 6.74. The van der Waals surface area contributed by atoms with Crippen LogP contribution < -0.4 is 0 Å². The molecule has 0 aromatic carbocycles. The van der Waals surface area contributed by atoms with Crippen molar-refractivity contribution in [3.8, 4) is 0 Å². The van der Waals surface area contributed by atoms with Crippen LogP contribution in [0, 0.1) is 11.3 Å². The van der Waals surface area contributed by atoms with Crippen molar-refractivity contribution in [2.45, 2.75) is 33.6 Å². The summed E-state index contributed by atoms with van der Waals surface area (Å²) in [6.07, 6.45) is 4.00. The van der Waals surface area contributed by atoms with E-state index in [-0.39, 0.29) is 18.9 Å². The van der Waals surface area contributed by atoms with Gasteiger partial charge >= 0.3 is 11.9 Å². The average Bonchev–Trinajstić information content (AvgIpc) is 2.40. The van der Waals surface area contributed by atoms with Gasteiger partial charge in [0.05, 0.1) is 6.61 Å². The summed E-state index contributed by atoms with van der Waals surface area (Å²) in [5.41, 5.74) is -0.546. The highest BCUT2D eigenvalue weighted by molar-refractivity contribution is 5.99. The van der Waals surface area contributed by atoms with E-state index in [4.69, 9.17) is 4.74 Å². The second-order valence-corrected chi connectivity index (χ2v) is 5.01. The highest BCUT2D eigenvalue weighted by Gasteiger charge is 2.49. The zero-order valence-electron chi connectivity index (χ0n) is 12.1. The number of hydrogen-bond donors (Lipinski definition) is 1. The van der Waals surface area contributed by atoms with Crippen LogP contribution in [-0.4, -0.2) is 28.6 Å². The van der Waals surface area contributed by atoms with Crippen molar-refractivity contribution in [3.05, 3.63) is 30.1 Å². The summed E-state index contributed by atoms with van der Waals surface area (Å²) >= 11 is 0. The van der Waals surface area contributed by atoms with Gasteiger partial charge in [-0.2, -0.15) is 0 Å². The number of pyridine rings is 1. The number of nitrogens with zero attached hydrogens (tertiary/aromatic N) is 1. The number of esters is 1. The summed E-state index contributed by atoms with van der Waals surface area (Å²) in [4.78, 5) is 27.8. The molecule has 0 aliphatic rings. The van der Waals surface area contributed by atoms with E-state index >= 15 is 0 Å². The standard InChI is InChI=1S/C15H21NO4/c1-4-20-14(19)15(11(2)3,13(17)18)8-5-12-6-9-16-10-7-12/h6-7,9-11H,4-5,8H2,1-3H3,(H,17,18). The lowest BCUT2D eigenvalue weighted by atomic mass is 9.73. The fraction of sp³-hybridized carbons (Fsp3) is 0.533. The van der Waals surface area contributed by atoms with E-state index in [1.807, 2.05) is 12.1 Å². The molecule has 110 valence electrons. The molecule has 1 rings (SSSR count). The molecular weight excluding hydrogens is 258 g/mol. The second kappa shape index (κ2) is 7.03. The normalized spacial score (nSPS) is 13.8. The van der Waals surface area contributed by atoms with Crippen LogP contribution in [0.3, 0.4) is 0 Å². The Bertz CT molecular complexity index is 458. The zero-order chi connectivity index (χ0) is 15.2. The highest BCUT2D eigenvalue weighted by atomic mass is 16.5. The molecule has 0 spiro atoms. The number of carboxylic acids is 1. The van der Waals surface area contributed by atoms with Gasteiger partial charge in [-0.3, -0.25) is 14.6 Å². The fourth-order valence-electron chi connectivity index (χ4n) is 2.22. The van der Waals surface area contributed by atoms with E-state index in [0.29, 0.717) is 6.42 Å². The molecule has 1 heterocycles. The Labute approximate surface area is 119 Å². The number of carboxylic acid groups (broad SMARTS) is 1. The second-order valence-electron chi connectivity index (χ2n) is 5.01. The molecule has 0 bridgehead atoms. The Morgan fingerprint density at radius 2 is 1.95 bits per heavy atom. The minimum atomic E-state index is -1.50. The Balaban J connectivity index is 2.98. The maximum atomic E-state index is 12.2. The van der Waals surface area contributed by atoms with E-state index in [0.717, 1.165) is 5.56 Å². The molecule has 5 heteroatoms. The van der Waals surface area contributed by atoms with Crippen molar-refractivity contribution in [1.29, 1.82) is 0 Å². The maximum absolute atomic E-state index is 12.2. The van der Waals surface area contributed by atoms with Crippen molar-refractivity contribution in [1.82, 2.24) is 4.98 Å². The van der Waals surface area contributed by atoms with Crippen LogP contribution in [0.5, 0.6) is 0 Å². The van der Waals surface area contributed by atoms with Crippen molar-refractivity contribution in [2.24, 2.45) is 11.3 Å². The first kappa shape index (κ1) is 16.1. The molecule has 0 aliphatic carbocycles. The van der Waals surface area contributed by atoms with Crippen LogP contribution in [0.25, 0.3) is 0 Å². The summed E-state index contributed by atoms with van der Waals surface area (Å²) in [6.45, 7) is 5.32. The molecule has 0 amide bonds. The lowest BCUT2D eigenvalue weighted by Gasteiger charge is -2.30. The summed E-state index contributed by atoms with van der Waals surface area (Å²) in [7, 11) is 0. The molecule has 1 unspecified atom stereocenters. The largest absolute Gasteiger partial charge is 0.480 e. The van der Waals surface area contributed by atoms with Crippen molar-refractivity contribution in [2.75, 3.05) is 6.61 Å². The van der Waals surface area contributed by atoms with Crippen molar-refractivity contribution in [3.63, 3.8) is 0 Å². The van der Waals surface area contributed by atoms with Gasteiger partial charge < -0.3 is 9.84 Å². The number of aliphatic carboxylic acids is 1. The third-order valence-corrected chi connectivity index (χ3v) is 3.56. The topological polar surface area (TPSA) is 76.5 Å². The highest BCUT2D eigenvalue weighted by Crippen LogP contribution is 2.35. The monoisotopic (exact) mass is 279 g/mol. The van der Waals surface area contributed by atoms with Crippen LogP contribution in [0.4, 0.5) is 0 Å². The molecule has 0 saturated carbocycles. The summed E-state index contributed by atoms with van der Waals surface area (Å²) in [5.74, 6) is -2.13. The summed E-state index contributed by atoms with van der Waals surface area (Å²) in [5, 5.41) is 9.56. The SMILES string of the molecule is CCOC(=O)C(CCc1ccncc1)(C(=O)O)C(C)C. The van der Waals surface area contributed by atoms with Gasteiger partial charge in [0.1, 0.15) is 0 Å². The van der Waals surface area contributed by atoms with E-state index in [1.165, 1.54) is 0 Å². The molecule has 1 aromatic rings. The van der Waals surface area contributed by atoms with Gasteiger partial charge in [-0.1, -0.05) is 13.8 Å². The zero-order valence-corrected chi connectivity index (χ0v) is 12.1. The first-order valence-electron chi connectivity index (χ1n) is 6.74. The smallest absolute Gasteiger partial charge is 0.323 e. The molecule has 0 saturated heterocycles. The predicted octanol–water partition coefficient (Wildman–Crippen LogP) is 2.30. The van der Waals surface area contributed by atoms with Gasteiger partial charge in [0.25, 0.3) is 0 Å². The number of hydrogen-bond acceptors (Lipinski definition) is 4. The molecule has 1 N–H and O–H groups in total. The minimum Gasteiger partial charge on any atom is -0.480 e. The third-order valence-electron chi connectivity index (χ3n) is 3.56. The predicted molar refractivity (Wildman–Crippen MR) is 74.1 cm³/mol. The fourth-order valence-corrected chi connectivity index (χ4v) is 2.22. The Morgan fingerprint density at radius 3 is 2.40 bits per heavy atom. The average molecular weight is 279 g/mol. The van der Waals surface area contributed by atoms with Crippen LogP contribution in [0.15, 0.2) is 24.5 Å². The number of rotatable bonds is 7. The molecular formula is C15H21NO4. The van der Waals surface area contributed by atoms with Gasteiger partial charge in [-0.15, -0.1) is 0 Å². The van der Waals surface area contributed by atoms with Crippen LogP contribution in [-0.2, 0) is 20.7 Å². The lowest BCUT2D eigenvalue weighted by Crippen LogP contribution is -2.45. The summed E-state index contributed by atoms with van der Waals surface area (Å²) < 4.78 is 4.99. The number of aromatic nitrogens is 1. The Kier molecular flexibility index (Phi) is 5.67. The van der Waals surface area contributed by atoms with E-state index in [1.54, 1.807) is 33.2 Å². The number of carbonyl (C=O) groups excluding carboxylic acids is 1. The van der Waals surface area contributed by atoms with Gasteiger partial charge in [-0.05, 0) is 43.4 Å². The van der Waals surface area contributed by atoms with Crippen LogP contribution in [0.1, 0.15) is 32.8 Å². The van der Waals surface area contributed by atoms with Gasteiger partial charge in [0.2, 0.25) is 0 Å². The molecule has 5 nitrogen and oxygen atoms in total. The molecule has 1 atom stereocenters. The minimum absolute atomic E-state index is 0.176. The number of carbonyl (C=O) groups is 2. The Morgan fingerprint density at radius 1 is 1.35 bits per heavy atom. The van der Waals surface area contributed by atoms with Crippen molar-refractivity contribution >= 4 is 11.9 Å². The van der Waals surface area contributed by atoms with Crippen molar-refractivity contribution < 1.29 is 19.4 Å². The van der Waals surface area contributed by atoms with Crippen LogP contribution in [0.2, 0.25) is 0 Å². The summed E-state index contributed by atoms with van der Waals surface area (Å²) in [6, 6.07) is 3.64. The molecule has 1 aromatic heterocycles. The third kappa shape index (κ3) is 3.35. The van der Waals surface area contributed by atoms with Gasteiger partial charge in [0.15, 0.2) is 5.41 Å². The number of aryl methyl sites for hydroxylation is 1. The molecule has 0 fully saturated rings. The molecule has 20 heavy (non-hydrogen) atoms. The quantitative estimate of drug-likeness (QED) is 0.612. The maximum Gasteiger partial charge on any atom is 0.323 e. The van der Waals surface area contributed by atoms with Gasteiger partial charge in [-0.25, -0.2) is 0 Å².